The smallest absolute Gasteiger partial charge is 0.253 e. The maximum atomic E-state index is 12.6. The monoisotopic (exact) mass is 431 g/mol. The fourth-order valence-electron chi connectivity index (χ4n) is 3.63. The largest absolute Gasteiger partial charge is 0.371 e. The van der Waals surface area contributed by atoms with Crippen molar-refractivity contribution < 1.29 is 9.59 Å². The quantitative estimate of drug-likeness (QED) is 0.742. The highest BCUT2D eigenvalue weighted by Gasteiger charge is 2.27. The first kappa shape index (κ1) is 20.0. The molecule has 1 saturated carbocycles. The summed E-state index contributed by atoms with van der Waals surface area (Å²) in [7, 11) is 0. The van der Waals surface area contributed by atoms with E-state index in [1.807, 2.05) is 24.3 Å². The van der Waals surface area contributed by atoms with Crippen LogP contribution in [0.5, 0.6) is 0 Å². The van der Waals surface area contributed by atoms with E-state index in [0.717, 1.165) is 50.0 Å². The zero-order valence-electron chi connectivity index (χ0n) is 16.0. The van der Waals surface area contributed by atoms with Crippen molar-refractivity contribution in [3.8, 4) is 0 Å². The van der Waals surface area contributed by atoms with E-state index < -0.39 is 0 Å². The Morgan fingerprint density at radius 3 is 2.10 bits per heavy atom. The first-order chi connectivity index (χ1) is 14.0. The summed E-state index contributed by atoms with van der Waals surface area (Å²) in [5, 5.41) is 6.99. The number of rotatable bonds is 5. The minimum atomic E-state index is -0.186. The Morgan fingerprint density at radius 1 is 0.828 bits per heavy atom. The van der Waals surface area contributed by atoms with E-state index in [0.29, 0.717) is 21.7 Å². The van der Waals surface area contributed by atoms with E-state index in [4.69, 9.17) is 23.2 Å². The molecule has 2 aromatic carbocycles. The third-order valence-electron chi connectivity index (χ3n) is 5.41. The second-order valence-corrected chi connectivity index (χ2v) is 8.47. The third-order valence-corrected chi connectivity index (χ3v) is 5.96. The van der Waals surface area contributed by atoms with Gasteiger partial charge in [-0.1, -0.05) is 35.3 Å². The summed E-state index contributed by atoms with van der Waals surface area (Å²) in [6, 6.07) is 13.0. The van der Waals surface area contributed by atoms with E-state index in [9.17, 15) is 9.59 Å². The van der Waals surface area contributed by atoms with Crippen LogP contribution in [0.15, 0.2) is 42.5 Å². The summed E-state index contributed by atoms with van der Waals surface area (Å²) in [4.78, 5) is 27.3. The Balaban J connectivity index is 1.37. The van der Waals surface area contributed by atoms with Crippen LogP contribution in [0.2, 0.25) is 10.0 Å². The molecule has 0 atom stereocenters. The molecule has 2 N–H and O–H groups in total. The topological polar surface area (TPSA) is 61.4 Å². The first-order valence-electron chi connectivity index (χ1n) is 9.92. The molecule has 0 aromatic heterocycles. The van der Waals surface area contributed by atoms with Gasteiger partial charge in [-0.25, -0.2) is 0 Å². The molecule has 2 aliphatic rings. The van der Waals surface area contributed by atoms with E-state index >= 15 is 0 Å². The van der Waals surface area contributed by atoms with Gasteiger partial charge in [0.25, 0.3) is 11.8 Å². The number of benzene rings is 2. The van der Waals surface area contributed by atoms with Crippen molar-refractivity contribution in [1.82, 2.24) is 10.6 Å². The lowest BCUT2D eigenvalue weighted by molar-refractivity contribution is 0.0929. The normalized spacial score (nSPS) is 17.1. The molecule has 29 heavy (non-hydrogen) atoms. The predicted molar refractivity (Wildman–Crippen MR) is 116 cm³/mol. The fourth-order valence-corrected chi connectivity index (χ4v) is 4.13. The Kier molecular flexibility index (Phi) is 5.97. The molecule has 0 radical (unpaired) electrons. The molecule has 0 spiro atoms. The van der Waals surface area contributed by atoms with Crippen LogP contribution in [0.25, 0.3) is 0 Å². The fraction of sp³-hybridized carbons (Fsp3) is 0.364. The van der Waals surface area contributed by atoms with E-state index in [1.165, 1.54) is 0 Å². The number of carbonyl (C=O) groups is 2. The van der Waals surface area contributed by atoms with Gasteiger partial charge in [0.2, 0.25) is 0 Å². The van der Waals surface area contributed by atoms with Gasteiger partial charge in [0.1, 0.15) is 0 Å². The van der Waals surface area contributed by atoms with Gasteiger partial charge in [-0.15, -0.1) is 0 Å². The van der Waals surface area contributed by atoms with Gasteiger partial charge in [-0.05, 0) is 56.0 Å². The van der Waals surface area contributed by atoms with Crippen LogP contribution >= 0.6 is 23.2 Å². The van der Waals surface area contributed by atoms with Gasteiger partial charge in [0.15, 0.2) is 0 Å². The molecular formula is C22H23Cl2N3O2. The molecule has 1 heterocycles. The minimum Gasteiger partial charge on any atom is -0.371 e. The molecule has 2 fully saturated rings. The zero-order chi connectivity index (χ0) is 20.4. The van der Waals surface area contributed by atoms with Crippen LogP contribution in [0, 0.1) is 0 Å². The molecule has 1 aliphatic carbocycles. The van der Waals surface area contributed by atoms with E-state index in [-0.39, 0.29) is 17.9 Å². The number of amides is 2. The number of anilines is 1. The van der Waals surface area contributed by atoms with E-state index in [1.54, 1.807) is 18.2 Å². The maximum absolute atomic E-state index is 12.6. The number of nitrogens with zero attached hydrogens (tertiary/aromatic N) is 1. The maximum Gasteiger partial charge on any atom is 0.253 e. The molecule has 0 unspecified atom stereocenters. The third kappa shape index (κ3) is 4.85. The van der Waals surface area contributed by atoms with Gasteiger partial charge >= 0.3 is 0 Å². The van der Waals surface area contributed by atoms with Gasteiger partial charge in [-0.3, -0.25) is 9.59 Å². The Morgan fingerprint density at radius 2 is 1.45 bits per heavy atom. The molecule has 0 bridgehead atoms. The van der Waals surface area contributed by atoms with Crippen LogP contribution in [0.1, 0.15) is 46.4 Å². The molecule has 4 rings (SSSR count). The standard InChI is InChI=1S/C22H23Cl2N3O2/c23-14-5-8-17(19(24)13-14)21(28)26-16-9-11-27(12-10-16)20-4-2-1-3-18(20)22(29)25-15-6-7-15/h1-5,8,13,15-16H,6-7,9-12H2,(H,25,29)(H,26,28). The lowest BCUT2D eigenvalue weighted by atomic mass is 10.0. The number of nitrogens with one attached hydrogen (secondary N) is 2. The van der Waals surface area contributed by atoms with Crippen LogP contribution in [0.3, 0.4) is 0 Å². The van der Waals surface area contributed by atoms with E-state index in [2.05, 4.69) is 15.5 Å². The Hall–Kier alpha value is -2.24. The zero-order valence-corrected chi connectivity index (χ0v) is 17.5. The van der Waals surface area contributed by atoms with Crippen molar-refractivity contribution in [1.29, 1.82) is 0 Å². The molecule has 152 valence electrons. The number of carbonyl (C=O) groups excluding carboxylic acids is 2. The summed E-state index contributed by atoms with van der Waals surface area (Å²) in [5.41, 5.74) is 2.10. The van der Waals surface area contributed by atoms with Crippen molar-refractivity contribution in [3.63, 3.8) is 0 Å². The predicted octanol–water partition coefficient (Wildman–Crippen LogP) is 4.28. The number of hydrogen-bond donors (Lipinski definition) is 2. The molecule has 2 aromatic rings. The molecular weight excluding hydrogens is 409 g/mol. The SMILES string of the molecule is O=C(NC1CCN(c2ccccc2C(=O)NC2CC2)CC1)c1ccc(Cl)cc1Cl. The highest BCUT2D eigenvalue weighted by molar-refractivity contribution is 6.36. The summed E-state index contributed by atoms with van der Waals surface area (Å²) in [6.07, 6.45) is 3.73. The Labute approximate surface area is 180 Å². The van der Waals surface area contributed by atoms with Crippen LogP contribution in [-0.2, 0) is 0 Å². The van der Waals surface area contributed by atoms with Gasteiger partial charge in [0, 0.05) is 35.9 Å². The number of para-hydroxylation sites is 1. The second kappa shape index (κ2) is 8.64. The van der Waals surface area contributed by atoms with Crippen LogP contribution in [-0.4, -0.2) is 37.0 Å². The summed E-state index contributed by atoms with van der Waals surface area (Å²) < 4.78 is 0. The average Bonchev–Trinajstić information content (AvgIpc) is 3.52. The summed E-state index contributed by atoms with van der Waals surface area (Å²) in [5.74, 6) is -0.190. The lowest BCUT2D eigenvalue weighted by Crippen LogP contribution is -2.45. The van der Waals surface area contributed by atoms with Crippen molar-refractivity contribution in [2.24, 2.45) is 0 Å². The average molecular weight is 432 g/mol. The number of hydrogen-bond acceptors (Lipinski definition) is 3. The second-order valence-electron chi connectivity index (χ2n) is 7.62. The highest BCUT2D eigenvalue weighted by atomic mass is 35.5. The molecule has 5 nitrogen and oxygen atoms in total. The van der Waals surface area contributed by atoms with Crippen LogP contribution in [0.4, 0.5) is 5.69 Å². The lowest BCUT2D eigenvalue weighted by Gasteiger charge is -2.35. The molecule has 1 saturated heterocycles. The number of halogens is 2. The van der Waals surface area contributed by atoms with Gasteiger partial charge in [-0.2, -0.15) is 0 Å². The minimum absolute atomic E-state index is 0.00379. The number of piperidine rings is 1. The van der Waals surface area contributed by atoms with Crippen molar-refractivity contribution in [3.05, 3.63) is 63.6 Å². The van der Waals surface area contributed by atoms with Crippen molar-refractivity contribution in [2.75, 3.05) is 18.0 Å². The summed E-state index contributed by atoms with van der Waals surface area (Å²) in [6.45, 7) is 1.54. The van der Waals surface area contributed by atoms with Gasteiger partial charge in [0.05, 0.1) is 16.1 Å². The van der Waals surface area contributed by atoms with Crippen LogP contribution < -0.4 is 15.5 Å². The highest BCUT2D eigenvalue weighted by Crippen LogP contribution is 2.27. The van der Waals surface area contributed by atoms with Crippen molar-refractivity contribution in [2.45, 2.75) is 37.8 Å². The molecule has 1 aliphatic heterocycles. The molecule has 7 heteroatoms. The van der Waals surface area contributed by atoms with Crippen molar-refractivity contribution >= 4 is 40.7 Å². The van der Waals surface area contributed by atoms with Gasteiger partial charge < -0.3 is 15.5 Å². The summed E-state index contributed by atoms with van der Waals surface area (Å²) >= 11 is 12.0. The Bertz CT molecular complexity index is 922. The molecule has 2 amide bonds. The first-order valence-corrected chi connectivity index (χ1v) is 10.7.